The highest BCUT2D eigenvalue weighted by atomic mass is 15.0. The lowest BCUT2D eigenvalue weighted by Crippen LogP contribution is -2.43. The Bertz CT molecular complexity index is 269. The van der Waals surface area contributed by atoms with Gasteiger partial charge in [-0.1, -0.05) is 26.7 Å². The third-order valence-corrected chi connectivity index (χ3v) is 6.63. The maximum Gasteiger partial charge on any atom is 0.00979 e. The molecule has 0 bridgehead atoms. The molecule has 104 valence electrons. The van der Waals surface area contributed by atoms with Crippen molar-refractivity contribution in [3.05, 3.63) is 0 Å². The van der Waals surface area contributed by atoms with E-state index in [-0.39, 0.29) is 0 Å². The summed E-state index contributed by atoms with van der Waals surface area (Å²) in [6.45, 7) is 4.89. The molecule has 3 fully saturated rings. The topological polar surface area (TPSA) is 12.0 Å². The Kier molecular flexibility index (Phi) is 3.71. The SMILES string of the molecule is CC1CCC(NC2CCC3(CCCC3)CC2)C1C. The molecule has 0 heterocycles. The minimum Gasteiger partial charge on any atom is -0.311 e. The summed E-state index contributed by atoms with van der Waals surface area (Å²) in [5.74, 6) is 1.83. The normalized spacial score (nSPS) is 40.7. The molecular formula is C17H31N. The second kappa shape index (κ2) is 5.15. The molecule has 0 amide bonds. The maximum atomic E-state index is 4.00. The van der Waals surface area contributed by atoms with Gasteiger partial charge in [-0.3, -0.25) is 0 Å². The minimum atomic E-state index is 0.798. The first-order chi connectivity index (χ1) is 8.69. The van der Waals surface area contributed by atoms with Gasteiger partial charge in [0.2, 0.25) is 0 Å². The average Bonchev–Trinajstić information content (AvgIpc) is 2.95. The zero-order valence-corrected chi connectivity index (χ0v) is 12.4. The van der Waals surface area contributed by atoms with Crippen LogP contribution in [0.3, 0.4) is 0 Å². The Hall–Kier alpha value is -0.0400. The summed E-state index contributed by atoms with van der Waals surface area (Å²) in [6.07, 6.45) is 14.9. The molecule has 1 heteroatoms. The molecule has 3 atom stereocenters. The lowest BCUT2D eigenvalue weighted by atomic mass is 9.71. The molecule has 3 aliphatic carbocycles. The van der Waals surface area contributed by atoms with Crippen molar-refractivity contribution in [2.45, 2.75) is 90.1 Å². The zero-order chi connectivity index (χ0) is 12.6. The van der Waals surface area contributed by atoms with Crippen LogP contribution in [0.15, 0.2) is 0 Å². The van der Waals surface area contributed by atoms with E-state index in [0.717, 1.165) is 29.3 Å². The van der Waals surface area contributed by atoms with Gasteiger partial charge >= 0.3 is 0 Å². The quantitative estimate of drug-likeness (QED) is 0.759. The molecule has 0 aliphatic heterocycles. The van der Waals surface area contributed by atoms with Crippen LogP contribution in [0.1, 0.15) is 78.1 Å². The van der Waals surface area contributed by atoms with Gasteiger partial charge in [0.15, 0.2) is 0 Å². The molecule has 0 aromatic heterocycles. The summed E-state index contributed by atoms with van der Waals surface area (Å²) in [6, 6.07) is 1.66. The van der Waals surface area contributed by atoms with Crippen LogP contribution in [0.5, 0.6) is 0 Å². The first-order valence-corrected chi connectivity index (χ1v) is 8.45. The Morgan fingerprint density at radius 3 is 2.06 bits per heavy atom. The van der Waals surface area contributed by atoms with Crippen molar-refractivity contribution in [2.75, 3.05) is 0 Å². The van der Waals surface area contributed by atoms with Gasteiger partial charge in [0, 0.05) is 12.1 Å². The van der Waals surface area contributed by atoms with Gasteiger partial charge in [0.25, 0.3) is 0 Å². The number of nitrogens with one attached hydrogen (secondary N) is 1. The van der Waals surface area contributed by atoms with Crippen LogP contribution < -0.4 is 5.32 Å². The highest BCUT2D eigenvalue weighted by molar-refractivity contribution is 4.94. The van der Waals surface area contributed by atoms with E-state index in [4.69, 9.17) is 0 Å². The van der Waals surface area contributed by atoms with Gasteiger partial charge in [-0.2, -0.15) is 0 Å². The zero-order valence-electron chi connectivity index (χ0n) is 12.4. The fourth-order valence-corrected chi connectivity index (χ4v) is 4.92. The fraction of sp³-hybridized carbons (Fsp3) is 1.00. The number of rotatable bonds is 2. The van der Waals surface area contributed by atoms with Crippen LogP contribution in [-0.2, 0) is 0 Å². The second-order valence-corrected chi connectivity index (χ2v) is 7.67. The third-order valence-electron chi connectivity index (χ3n) is 6.63. The number of hydrogen-bond donors (Lipinski definition) is 1. The van der Waals surface area contributed by atoms with Crippen LogP contribution in [0.25, 0.3) is 0 Å². The van der Waals surface area contributed by atoms with E-state index in [1.807, 2.05) is 0 Å². The van der Waals surface area contributed by atoms with Gasteiger partial charge in [-0.15, -0.1) is 0 Å². The molecule has 18 heavy (non-hydrogen) atoms. The van der Waals surface area contributed by atoms with Crippen LogP contribution in [0.4, 0.5) is 0 Å². The highest BCUT2D eigenvalue weighted by Gasteiger charge is 2.39. The molecule has 0 aromatic carbocycles. The van der Waals surface area contributed by atoms with Crippen LogP contribution in [0, 0.1) is 17.3 Å². The van der Waals surface area contributed by atoms with E-state index in [1.165, 1.54) is 64.2 Å². The van der Waals surface area contributed by atoms with Crippen molar-refractivity contribution in [1.29, 1.82) is 0 Å². The summed E-state index contributed by atoms with van der Waals surface area (Å²) >= 11 is 0. The fourth-order valence-electron chi connectivity index (χ4n) is 4.92. The van der Waals surface area contributed by atoms with Gasteiger partial charge in [-0.05, 0) is 68.6 Å². The van der Waals surface area contributed by atoms with E-state index in [9.17, 15) is 0 Å². The molecule has 3 aliphatic rings. The molecule has 0 radical (unpaired) electrons. The first-order valence-electron chi connectivity index (χ1n) is 8.45. The predicted octanol–water partition coefficient (Wildman–Crippen LogP) is 4.51. The monoisotopic (exact) mass is 249 g/mol. The van der Waals surface area contributed by atoms with E-state index >= 15 is 0 Å². The Morgan fingerprint density at radius 2 is 1.50 bits per heavy atom. The van der Waals surface area contributed by atoms with Crippen molar-refractivity contribution >= 4 is 0 Å². The summed E-state index contributed by atoms with van der Waals surface area (Å²) in [5.41, 5.74) is 0.798. The van der Waals surface area contributed by atoms with Gasteiger partial charge in [0.1, 0.15) is 0 Å². The molecule has 3 rings (SSSR count). The second-order valence-electron chi connectivity index (χ2n) is 7.67. The highest BCUT2D eigenvalue weighted by Crippen LogP contribution is 2.49. The smallest absolute Gasteiger partial charge is 0.00979 e. The van der Waals surface area contributed by atoms with E-state index in [2.05, 4.69) is 19.2 Å². The maximum absolute atomic E-state index is 4.00. The molecule has 1 N–H and O–H groups in total. The van der Waals surface area contributed by atoms with Gasteiger partial charge in [0.05, 0.1) is 0 Å². The summed E-state index contributed by atoms with van der Waals surface area (Å²) < 4.78 is 0. The first kappa shape index (κ1) is 13.0. The van der Waals surface area contributed by atoms with Crippen LogP contribution >= 0.6 is 0 Å². The molecule has 0 aromatic rings. The molecule has 1 nitrogen and oxygen atoms in total. The van der Waals surface area contributed by atoms with Crippen LogP contribution in [0.2, 0.25) is 0 Å². The van der Waals surface area contributed by atoms with Gasteiger partial charge in [-0.25, -0.2) is 0 Å². The van der Waals surface area contributed by atoms with Crippen molar-refractivity contribution in [3.8, 4) is 0 Å². The molecule has 3 saturated carbocycles. The van der Waals surface area contributed by atoms with Crippen molar-refractivity contribution in [2.24, 2.45) is 17.3 Å². The summed E-state index contributed by atoms with van der Waals surface area (Å²) in [4.78, 5) is 0. The lowest BCUT2D eigenvalue weighted by Gasteiger charge is -2.39. The van der Waals surface area contributed by atoms with Crippen LogP contribution in [-0.4, -0.2) is 12.1 Å². The van der Waals surface area contributed by atoms with E-state index in [1.54, 1.807) is 0 Å². The van der Waals surface area contributed by atoms with Crippen molar-refractivity contribution < 1.29 is 0 Å². The van der Waals surface area contributed by atoms with E-state index in [0.29, 0.717) is 0 Å². The van der Waals surface area contributed by atoms with E-state index < -0.39 is 0 Å². The Morgan fingerprint density at radius 1 is 0.833 bits per heavy atom. The molecule has 1 spiro atoms. The number of hydrogen-bond acceptors (Lipinski definition) is 1. The van der Waals surface area contributed by atoms with Gasteiger partial charge < -0.3 is 5.32 Å². The van der Waals surface area contributed by atoms with Crippen molar-refractivity contribution in [1.82, 2.24) is 5.32 Å². The third kappa shape index (κ3) is 2.48. The summed E-state index contributed by atoms with van der Waals surface area (Å²) in [5, 5.41) is 4.00. The minimum absolute atomic E-state index is 0.798. The molecular weight excluding hydrogens is 218 g/mol. The summed E-state index contributed by atoms with van der Waals surface area (Å²) in [7, 11) is 0. The standard InChI is InChI=1S/C17H31N/c1-13-5-6-16(14(13)2)18-15-7-11-17(12-8-15)9-3-4-10-17/h13-16,18H,3-12H2,1-2H3. The predicted molar refractivity (Wildman–Crippen MR) is 77.6 cm³/mol. The Labute approximate surface area is 113 Å². The Balaban J connectivity index is 1.48. The molecule has 3 unspecified atom stereocenters. The average molecular weight is 249 g/mol. The van der Waals surface area contributed by atoms with Crippen molar-refractivity contribution in [3.63, 3.8) is 0 Å². The molecule has 0 saturated heterocycles. The lowest BCUT2D eigenvalue weighted by molar-refractivity contribution is 0.158. The largest absolute Gasteiger partial charge is 0.311 e.